The molecule has 0 heterocycles. The van der Waals surface area contributed by atoms with Crippen molar-refractivity contribution in [1.82, 2.24) is 5.32 Å². The topological polar surface area (TPSA) is 75.6 Å². The van der Waals surface area contributed by atoms with Crippen LogP contribution in [-0.2, 0) is 14.3 Å². The van der Waals surface area contributed by atoms with Crippen LogP contribution in [0.5, 0.6) is 0 Å². The van der Waals surface area contributed by atoms with Gasteiger partial charge in [-0.25, -0.2) is 0 Å². The van der Waals surface area contributed by atoms with Gasteiger partial charge in [-0.15, -0.1) is 0 Å². The van der Waals surface area contributed by atoms with Gasteiger partial charge in [-0.2, -0.15) is 0 Å². The molecule has 0 saturated heterocycles. The van der Waals surface area contributed by atoms with Crippen molar-refractivity contribution in [1.29, 1.82) is 0 Å². The summed E-state index contributed by atoms with van der Waals surface area (Å²) < 4.78 is 5.55. The molecule has 5 heteroatoms. The summed E-state index contributed by atoms with van der Waals surface area (Å²) in [6.45, 7) is 6.23. The molecular formula is C15H25NO4. The number of hydrogen-bond acceptors (Lipinski definition) is 3. The molecule has 1 amide bonds. The van der Waals surface area contributed by atoms with Crippen LogP contribution in [0.4, 0.5) is 0 Å². The van der Waals surface area contributed by atoms with Crippen molar-refractivity contribution >= 4 is 11.9 Å². The quantitative estimate of drug-likeness (QED) is 0.700. The fourth-order valence-corrected chi connectivity index (χ4v) is 3.47. The predicted molar refractivity (Wildman–Crippen MR) is 74.3 cm³/mol. The Bertz CT molecular complexity index is 397. The number of aliphatic carboxylic acids is 1. The molecule has 5 nitrogen and oxygen atoms in total. The molecule has 0 radical (unpaired) electrons. The number of carbonyl (C=O) groups is 2. The van der Waals surface area contributed by atoms with Crippen LogP contribution in [-0.4, -0.2) is 35.7 Å². The molecule has 2 saturated carbocycles. The van der Waals surface area contributed by atoms with Crippen molar-refractivity contribution in [3.05, 3.63) is 0 Å². The molecule has 1 spiro atoms. The standard InChI is InChI=1S/C15H25NO4/c1-4-15(5-2,13(18)19)12(17)16-11-9-14(11)7-10(8-14)20-6-3/h10-11H,4-9H2,1-3H3,(H,16,17)(H,18,19). The van der Waals surface area contributed by atoms with Crippen molar-refractivity contribution in [2.75, 3.05) is 6.61 Å². The highest BCUT2D eigenvalue weighted by atomic mass is 16.5. The van der Waals surface area contributed by atoms with Gasteiger partial charge in [0.1, 0.15) is 5.41 Å². The molecule has 0 aromatic carbocycles. The number of carboxylic acids is 1. The Morgan fingerprint density at radius 1 is 1.25 bits per heavy atom. The maximum atomic E-state index is 12.3. The summed E-state index contributed by atoms with van der Waals surface area (Å²) in [5, 5.41) is 12.3. The molecule has 114 valence electrons. The maximum Gasteiger partial charge on any atom is 0.319 e. The summed E-state index contributed by atoms with van der Waals surface area (Å²) in [7, 11) is 0. The molecule has 0 bridgehead atoms. The lowest BCUT2D eigenvalue weighted by Gasteiger charge is -2.37. The highest BCUT2D eigenvalue weighted by Crippen LogP contribution is 2.61. The van der Waals surface area contributed by atoms with Crippen LogP contribution in [0.1, 0.15) is 52.9 Å². The third-order valence-electron chi connectivity index (χ3n) is 5.22. The largest absolute Gasteiger partial charge is 0.480 e. The Hall–Kier alpha value is -1.10. The number of carboxylic acid groups (broad SMARTS) is 1. The summed E-state index contributed by atoms with van der Waals surface area (Å²) in [5.74, 6) is -1.34. The zero-order valence-electron chi connectivity index (χ0n) is 12.6. The Kier molecular flexibility index (Phi) is 4.09. The van der Waals surface area contributed by atoms with E-state index in [0.29, 0.717) is 18.9 Å². The molecule has 2 rings (SSSR count). The average molecular weight is 283 g/mol. The van der Waals surface area contributed by atoms with Crippen LogP contribution in [0, 0.1) is 10.8 Å². The summed E-state index contributed by atoms with van der Waals surface area (Å²) in [6.07, 6.45) is 3.92. The Morgan fingerprint density at radius 2 is 1.85 bits per heavy atom. The molecule has 1 atom stereocenters. The van der Waals surface area contributed by atoms with E-state index in [1.807, 2.05) is 6.92 Å². The number of carbonyl (C=O) groups excluding carboxylic acids is 1. The van der Waals surface area contributed by atoms with Gasteiger partial charge in [0.2, 0.25) is 5.91 Å². The summed E-state index contributed by atoms with van der Waals surface area (Å²) >= 11 is 0. The van der Waals surface area contributed by atoms with Crippen LogP contribution >= 0.6 is 0 Å². The summed E-state index contributed by atoms with van der Waals surface area (Å²) in [6, 6.07) is 0.142. The van der Waals surface area contributed by atoms with Crippen molar-refractivity contribution < 1.29 is 19.4 Å². The fourth-order valence-electron chi connectivity index (χ4n) is 3.47. The Labute approximate surface area is 120 Å². The normalized spacial score (nSPS) is 31.8. The molecule has 1 unspecified atom stereocenters. The molecule has 2 aliphatic carbocycles. The minimum absolute atomic E-state index is 0.142. The highest BCUT2D eigenvalue weighted by Gasteiger charge is 2.63. The second kappa shape index (κ2) is 5.35. The summed E-state index contributed by atoms with van der Waals surface area (Å²) in [4.78, 5) is 23.8. The molecule has 0 aromatic rings. The first kappa shape index (κ1) is 15.3. The monoisotopic (exact) mass is 283 g/mol. The number of hydrogen-bond donors (Lipinski definition) is 2. The molecule has 20 heavy (non-hydrogen) atoms. The van der Waals surface area contributed by atoms with Gasteiger partial charge in [-0.3, -0.25) is 9.59 Å². The smallest absolute Gasteiger partial charge is 0.319 e. The van der Waals surface area contributed by atoms with Crippen molar-refractivity contribution in [3.63, 3.8) is 0 Å². The zero-order chi connectivity index (χ0) is 15.0. The summed E-state index contributed by atoms with van der Waals surface area (Å²) in [5.41, 5.74) is -1.08. The lowest BCUT2D eigenvalue weighted by molar-refractivity contribution is -0.156. The van der Waals surface area contributed by atoms with Crippen LogP contribution in [0.25, 0.3) is 0 Å². The number of nitrogens with one attached hydrogen (secondary N) is 1. The molecule has 2 N–H and O–H groups in total. The van der Waals surface area contributed by atoms with E-state index in [2.05, 4.69) is 5.32 Å². The first-order valence-corrected chi connectivity index (χ1v) is 7.60. The van der Waals surface area contributed by atoms with Crippen LogP contribution in [0.15, 0.2) is 0 Å². The van der Waals surface area contributed by atoms with Crippen LogP contribution < -0.4 is 5.32 Å². The lowest BCUT2D eigenvalue weighted by atomic mass is 9.77. The second-order valence-electron chi connectivity index (χ2n) is 6.17. The van der Waals surface area contributed by atoms with Gasteiger partial charge in [-0.05, 0) is 44.4 Å². The molecule has 2 aliphatic rings. The Morgan fingerprint density at radius 3 is 2.30 bits per heavy atom. The van der Waals surface area contributed by atoms with Crippen molar-refractivity contribution in [2.45, 2.75) is 65.0 Å². The number of rotatable bonds is 7. The average Bonchev–Trinajstić information content (AvgIpc) is 3.05. The molecular weight excluding hydrogens is 258 g/mol. The second-order valence-corrected chi connectivity index (χ2v) is 6.17. The van der Waals surface area contributed by atoms with E-state index in [1.165, 1.54) is 0 Å². The Balaban J connectivity index is 1.89. The van der Waals surface area contributed by atoms with E-state index in [1.54, 1.807) is 13.8 Å². The minimum atomic E-state index is -1.27. The first-order valence-electron chi connectivity index (χ1n) is 7.60. The highest BCUT2D eigenvalue weighted by molar-refractivity contribution is 6.02. The van der Waals surface area contributed by atoms with E-state index in [4.69, 9.17) is 4.74 Å². The fraction of sp³-hybridized carbons (Fsp3) is 0.867. The van der Waals surface area contributed by atoms with Gasteiger partial charge < -0.3 is 15.2 Å². The number of amides is 1. The SMILES string of the molecule is CCOC1CC2(C1)CC2NC(=O)C(CC)(CC)C(=O)O. The van der Waals surface area contributed by atoms with Gasteiger partial charge in [0.25, 0.3) is 0 Å². The van der Waals surface area contributed by atoms with Gasteiger partial charge in [0.15, 0.2) is 0 Å². The van der Waals surface area contributed by atoms with Crippen molar-refractivity contribution in [3.8, 4) is 0 Å². The maximum absolute atomic E-state index is 12.3. The molecule has 0 aliphatic heterocycles. The predicted octanol–water partition coefficient (Wildman–Crippen LogP) is 1.95. The van der Waals surface area contributed by atoms with E-state index in [-0.39, 0.29) is 17.4 Å². The van der Waals surface area contributed by atoms with Crippen LogP contribution in [0.3, 0.4) is 0 Å². The molecule has 2 fully saturated rings. The van der Waals surface area contributed by atoms with E-state index < -0.39 is 11.4 Å². The van der Waals surface area contributed by atoms with Gasteiger partial charge >= 0.3 is 5.97 Å². The van der Waals surface area contributed by atoms with Gasteiger partial charge in [-0.1, -0.05) is 13.8 Å². The first-order chi connectivity index (χ1) is 9.44. The zero-order valence-corrected chi connectivity index (χ0v) is 12.6. The van der Waals surface area contributed by atoms with E-state index >= 15 is 0 Å². The number of ether oxygens (including phenoxy) is 1. The van der Waals surface area contributed by atoms with Crippen molar-refractivity contribution in [2.24, 2.45) is 10.8 Å². The molecule has 0 aromatic heterocycles. The van der Waals surface area contributed by atoms with Gasteiger partial charge in [0.05, 0.1) is 6.10 Å². The lowest BCUT2D eigenvalue weighted by Crippen LogP contribution is -2.49. The van der Waals surface area contributed by atoms with E-state index in [9.17, 15) is 14.7 Å². The third-order valence-corrected chi connectivity index (χ3v) is 5.22. The minimum Gasteiger partial charge on any atom is -0.480 e. The van der Waals surface area contributed by atoms with E-state index in [0.717, 1.165) is 25.9 Å². The van der Waals surface area contributed by atoms with Crippen LogP contribution in [0.2, 0.25) is 0 Å². The van der Waals surface area contributed by atoms with Gasteiger partial charge in [0, 0.05) is 12.6 Å². The third kappa shape index (κ3) is 2.32.